The number of carbonyl (C=O) groups excluding carboxylic acids is 1. The number of aliphatic hydroxyl groups excluding tert-OH is 2. The molecule has 0 fully saturated rings. The van der Waals surface area contributed by atoms with Gasteiger partial charge in [-0.25, -0.2) is 0 Å². The third-order valence-electron chi connectivity index (χ3n) is 3.02. The molecule has 1 aromatic carbocycles. The van der Waals surface area contributed by atoms with Crippen molar-refractivity contribution < 1.29 is 19.7 Å². The first-order valence-corrected chi connectivity index (χ1v) is 6.14. The Labute approximate surface area is 113 Å². The molecule has 0 heterocycles. The molecule has 0 unspecified atom stereocenters. The molecule has 0 aliphatic heterocycles. The zero-order valence-corrected chi connectivity index (χ0v) is 11.6. The van der Waals surface area contributed by atoms with Gasteiger partial charge in [0, 0.05) is 6.54 Å². The van der Waals surface area contributed by atoms with Crippen LogP contribution in [0, 0.1) is 0 Å². The van der Waals surface area contributed by atoms with Crippen LogP contribution in [0.1, 0.15) is 24.2 Å². The van der Waals surface area contributed by atoms with E-state index in [0.29, 0.717) is 11.3 Å². The number of β-amino-alcohol motifs (C(OH)–C–C–N with tert-alkyl or cyclic N) is 1. The second kappa shape index (κ2) is 6.54. The van der Waals surface area contributed by atoms with Gasteiger partial charge in [-0.05, 0) is 26.0 Å². The van der Waals surface area contributed by atoms with Crippen LogP contribution >= 0.6 is 0 Å². The summed E-state index contributed by atoms with van der Waals surface area (Å²) in [6.07, 6.45) is 0. The fraction of sp³-hybridized carbons (Fsp3) is 0.500. The maximum absolute atomic E-state index is 12.5. The molecular weight excluding hydrogens is 246 g/mol. The zero-order chi connectivity index (χ0) is 14.5. The van der Waals surface area contributed by atoms with Crippen LogP contribution in [0.3, 0.4) is 0 Å². The molecule has 0 aromatic heterocycles. The van der Waals surface area contributed by atoms with Gasteiger partial charge in [0.15, 0.2) is 0 Å². The second-order valence-electron chi connectivity index (χ2n) is 4.85. The lowest BCUT2D eigenvalue weighted by molar-refractivity contribution is 0.0305. The minimum atomic E-state index is -0.749. The van der Waals surface area contributed by atoms with Crippen LogP contribution < -0.4 is 4.74 Å². The number of hydrogen-bond acceptors (Lipinski definition) is 4. The van der Waals surface area contributed by atoms with Crippen molar-refractivity contribution >= 4 is 5.91 Å². The molecule has 5 heteroatoms. The zero-order valence-electron chi connectivity index (χ0n) is 11.6. The number of carbonyl (C=O) groups is 1. The van der Waals surface area contributed by atoms with Crippen LogP contribution in [0.5, 0.6) is 5.75 Å². The summed E-state index contributed by atoms with van der Waals surface area (Å²) < 4.78 is 5.17. The van der Waals surface area contributed by atoms with Crippen LogP contribution in [0.2, 0.25) is 0 Å². The number of benzene rings is 1. The third-order valence-corrected chi connectivity index (χ3v) is 3.02. The van der Waals surface area contributed by atoms with Crippen molar-refractivity contribution in [2.24, 2.45) is 0 Å². The lowest BCUT2D eigenvalue weighted by atomic mass is 10.0. The number of ether oxygens (including phenoxy) is 1. The molecule has 1 rings (SSSR count). The molecule has 0 bridgehead atoms. The summed E-state index contributed by atoms with van der Waals surface area (Å²) in [5.74, 6) is 0.203. The Morgan fingerprint density at radius 1 is 1.32 bits per heavy atom. The largest absolute Gasteiger partial charge is 0.496 e. The summed E-state index contributed by atoms with van der Waals surface area (Å²) in [5.41, 5.74) is -0.333. The number of aliphatic hydroxyl groups is 2. The van der Waals surface area contributed by atoms with Crippen molar-refractivity contribution in [3.8, 4) is 5.75 Å². The first-order chi connectivity index (χ1) is 8.97. The van der Waals surface area contributed by atoms with Gasteiger partial charge in [0.2, 0.25) is 0 Å². The molecular formula is C14H21NO4. The topological polar surface area (TPSA) is 70.0 Å². The van der Waals surface area contributed by atoms with E-state index in [2.05, 4.69) is 0 Å². The van der Waals surface area contributed by atoms with Crippen molar-refractivity contribution in [2.45, 2.75) is 19.4 Å². The summed E-state index contributed by atoms with van der Waals surface area (Å²) in [4.78, 5) is 14.0. The van der Waals surface area contributed by atoms with E-state index in [0.717, 1.165) is 0 Å². The Balaban J connectivity index is 3.13. The molecule has 19 heavy (non-hydrogen) atoms. The van der Waals surface area contributed by atoms with Crippen molar-refractivity contribution in [1.82, 2.24) is 4.90 Å². The molecule has 0 aliphatic carbocycles. The molecule has 0 radical (unpaired) electrons. The molecule has 5 nitrogen and oxygen atoms in total. The smallest absolute Gasteiger partial charge is 0.258 e. The predicted molar refractivity (Wildman–Crippen MR) is 72.3 cm³/mol. The molecule has 0 aliphatic rings. The quantitative estimate of drug-likeness (QED) is 0.803. The second-order valence-corrected chi connectivity index (χ2v) is 4.85. The first-order valence-electron chi connectivity index (χ1n) is 6.14. The number of rotatable bonds is 6. The Bertz CT molecular complexity index is 431. The van der Waals surface area contributed by atoms with Crippen molar-refractivity contribution in [2.75, 3.05) is 26.9 Å². The number of para-hydroxylation sites is 1. The van der Waals surface area contributed by atoms with Gasteiger partial charge in [0.05, 0.1) is 31.4 Å². The van der Waals surface area contributed by atoms with E-state index >= 15 is 0 Å². The molecule has 1 aromatic rings. The number of amides is 1. The maximum atomic E-state index is 12.5. The monoisotopic (exact) mass is 267 g/mol. The minimum Gasteiger partial charge on any atom is -0.496 e. The molecule has 106 valence electrons. The van der Waals surface area contributed by atoms with Gasteiger partial charge in [-0.3, -0.25) is 4.79 Å². The summed E-state index contributed by atoms with van der Waals surface area (Å²) >= 11 is 0. The van der Waals surface area contributed by atoms with Crippen molar-refractivity contribution in [3.63, 3.8) is 0 Å². The van der Waals surface area contributed by atoms with E-state index in [1.165, 1.54) is 12.0 Å². The standard InChI is InChI=1S/C14H21NO4/c1-14(2,10-17)15(8-9-16)13(18)11-6-4-5-7-12(11)19-3/h4-7,16-17H,8-10H2,1-3H3. The van der Waals surface area contributed by atoms with Gasteiger partial charge in [-0.1, -0.05) is 12.1 Å². The summed E-state index contributed by atoms with van der Waals surface area (Å²) in [6, 6.07) is 6.90. The van der Waals surface area contributed by atoms with E-state index < -0.39 is 5.54 Å². The average molecular weight is 267 g/mol. The highest BCUT2D eigenvalue weighted by Gasteiger charge is 2.31. The molecule has 2 N–H and O–H groups in total. The van der Waals surface area contributed by atoms with Gasteiger partial charge >= 0.3 is 0 Å². The van der Waals surface area contributed by atoms with Crippen molar-refractivity contribution in [3.05, 3.63) is 29.8 Å². The van der Waals surface area contributed by atoms with E-state index in [4.69, 9.17) is 9.84 Å². The van der Waals surface area contributed by atoms with Gasteiger partial charge in [0.25, 0.3) is 5.91 Å². The predicted octanol–water partition coefficient (Wildman–Crippen LogP) is 0.901. The van der Waals surface area contributed by atoms with E-state index in [1.54, 1.807) is 38.1 Å². The van der Waals surface area contributed by atoms with E-state index in [1.807, 2.05) is 0 Å². The average Bonchev–Trinajstić information content (AvgIpc) is 2.43. The third kappa shape index (κ3) is 3.45. The Kier molecular flexibility index (Phi) is 5.32. The summed E-state index contributed by atoms with van der Waals surface area (Å²) in [6.45, 7) is 3.30. The Morgan fingerprint density at radius 2 is 1.95 bits per heavy atom. The lowest BCUT2D eigenvalue weighted by Gasteiger charge is -2.37. The SMILES string of the molecule is COc1ccccc1C(=O)N(CCO)C(C)(C)CO. The van der Waals surface area contributed by atoms with E-state index in [9.17, 15) is 9.90 Å². The minimum absolute atomic E-state index is 0.157. The lowest BCUT2D eigenvalue weighted by Crippen LogP contribution is -2.51. The number of methoxy groups -OCH3 is 1. The van der Waals surface area contributed by atoms with Crippen LogP contribution in [0.4, 0.5) is 0 Å². The van der Waals surface area contributed by atoms with Crippen LogP contribution in [-0.4, -0.2) is 53.4 Å². The van der Waals surface area contributed by atoms with Crippen molar-refractivity contribution in [1.29, 1.82) is 0 Å². The first kappa shape index (κ1) is 15.5. The molecule has 0 saturated carbocycles. The summed E-state index contributed by atoms with van der Waals surface area (Å²) in [5, 5.41) is 18.5. The van der Waals surface area contributed by atoms with Gasteiger partial charge < -0.3 is 19.8 Å². The highest BCUT2D eigenvalue weighted by molar-refractivity contribution is 5.97. The van der Waals surface area contributed by atoms with Gasteiger partial charge in [0.1, 0.15) is 5.75 Å². The molecule has 0 spiro atoms. The Morgan fingerprint density at radius 3 is 2.47 bits per heavy atom. The number of hydrogen-bond donors (Lipinski definition) is 2. The highest BCUT2D eigenvalue weighted by Crippen LogP contribution is 2.23. The van der Waals surface area contributed by atoms with Crippen LogP contribution in [0.15, 0.2) is 24.3 Å². The Hall–Kier alpha value is -1.59. The normalized spacial score (nSPS) is 11.2. The fourth-order valence-corrected chi connectivity index (χ4v) is 1.83. The van der Waals surface area contributed by atoms with Gasteiger partial charge in [-0.2, -0.15) is 0 Å². The number of nitrogens with zero attached hydrogens (tertiary/aromatic N) is 1. The van der Waals surface area contributed by atoms with Crippen LogP contribution in [-0.2, 0) is 0 Å². The van der Waals surface area contributed by atoms with Gasteiger partial charge in [-0.15, -0.1) is 0 Å². The molecule has 0 saturated heterocycles. The highest BCUT2D eigenvalue weighted by atomic mass is 16.5. The summed E-state index contributed by atoms with van der Waals surface area (Å²) in [7, 11) is 1.50. The molecule has 1 amide bonds. The molecule has 0 atom stereocenters. The van der Waals surface area contributed by atoms with Crippen LogP contribution in [0.25, 0.3) is 0 Å². The fourth-order valence-electron chi connectivity index (χ4n) is 1.83. The van der Waals surface area contributed by atoms with E-state index in [-0.39, 0.29) is 25.7 Å². The maximum Gasteiger partial charge on any atom is 0.258 e.